The molecule has 0 radical (unpaired) electrons. The van der Waals surface area contributed by atoms with Crippen LogP contribution in [0.25, 0.3) is 0 Å². The van der Waals surface area contributed by atoms with Crippen LogP contribution in [0.15, 0.2) is 18.2 Å². The van der Waals surface area contributed by atoms with Crippen molar-refractivity contribution in [3.8, 4) is 5.75 Å². The van der Waals surface area contributed by atoms with Gasteiger partial charge in [0, 0.05) is 10.9 Å². The largest absolute Gasteiger partial charge is 0.467 e. The molecule has 1 aromatic carbocycles. The summed E-state index contributed by atoms with van der Waals surface area (Å²) >= 11 is 3.43. The molecule has 0 amide bonds. The van der Waals surface area contributed by atoms with E-state index < -0.39 is 0 Å². The van der Waals surface area contributed by atoms with Crippen LogP contribution in [-0.4, -0.2) is 12.1 Å². The summed E-state index contributed by atoms with van der Waals surface area (Å²) in [5.41, 5.74) is 2.52. The molecule has 0 unspecified atom stereocenters. The molecule has 70 valence electrons. The molecule has 0 N–H and O–H groups in total. The van der Waals surface area contributed by atoms with Gasteiger partial charge in [-0.2, -0.15) is 0 Å². The van der Waals surface area contributed by atoms with Crippen LogP contribution < -0.4 is 4.74 Å². The zero-order valence-electron chi connectivity index (χ0n) is 7.25. The summed E-state index contributed by atoms with van der Waals surface area (Å²) in [4.78, 5) is 0. The number of ether oxygens (including phenoxy) is 2. The Morgan fingerprint density at radius 1 is 1.38 bits per heavy atom. The fraction of sp³-hybridized carbons (Fsp3) is 0.400. The maximum Gasteiger partial charge on any atom is 0.189 e. The lowest BCUT2D eigenvalue weighted by atomic mass is 10.0. The maximum atomic E-state index is 5.37. The van der Waals surface area contributed by atoms with Crippen molar-refractivity contribution >= 4 is 15.9 Å². The Kier molecular flexibility index (Phi) is 2.86. The fourth-order valence-corrected chi connectivity index (χ4v) is 1.92. The van der Waals surface area contributed by atoms with E-state index in [0.717, 1.165) is 17.5 Å². The van der Waals surface area contributed by atoms with Crippen LogP contribution in [0.2, 0.25) is 0 Å². The van der Waals surface area contributed by atoms with Crippen molar-refractivity contribution in [3.63, 3.8) is 0 Å². The van der Waals surface area contributed by atoms with E-state index in [2.05, 4.69) is 22.0 Å². The second-order valence-corrected chi connectivity index (χ2v) is 3.74. The van der Waals surface area contributed by atoms with Crippen LogP contribution in [0, 0.1) is 0 Å². The summed E-state index contributed by atoms with van der Waals surface area (Å²) < 4.78 is 10.6. The first-order valence-electron chi connectivity index (χ1n) is 4.29. The van der Waals surface area contributed by atoms with E-state index in [1.54, 1.807) is 0 Å². The molecule has 3 heteroatoms. The lowest BCUT2D eigenvalue weighted by Crippen LogP contribution is -2.13. The molecule has 1 heterocycles. The zero-order valence-corrected chi connectivity index (χ0v) is 8.84. The van der Waals surface area contributed by atoms with Gasteiger partial charge in [-0.15, -0.1) is 0 Å². The molecule has 1 aromatic rings. The van der Waals surface area contributed by atoms with Crippen LogP contribution in [-0.2, 0) is 17.8 Å². The van der Waals surface area contributed by atoms with Crippen LogP contribution in [0.3, 0.4) is 0 Å². The molecule has 2 nitrogen and oxygen atoms in total. The highest BCUT2D eigenvalue weighted by Gasteiger charge is 2.13. The van der Waals surface area contributed by atoms with E-state index in [1.165, 1.54) is 11.1 Å². The van der Waals surface area contributed by atoms with Crippen molar-refractivity contribution in [2.45, 2.75) is 13.0 Å². The summed E-state index contributed by atoms with van der Waals surface area (Å²) in [6, 6.07) is 6.15. The summed E-state index contributed by atoms with van der Waals surface area (Å²) in [5.74, 6) is 0.977. The van der Waals surface area contributed by atoms with Gasteiger partial charge in [0.25, 0.3) is 0 Å². The number of alkyl halides is 1. The van der Waals surface area contributed by atoms with E-state index in [1.807, 2.05) is 12.1 Å². The predicted octanol–water partition coefficient (Wildman–Crippen LogP) is 2.49. The quantitative estimate of drug-likeness (QED) is 0.743. The van der Waals surface area contributed by atoms with Gasteiger partial charge in [0.2, 0.25) is 0 Å². The number of halogens is 1. The van der Waals surface area contributed by atoms with Gasteiger partial charge in [0.15, 0.2) is 6.79 Å². The smallest absolute Gasteiger partial charge is 0.189 e. The zero-order chi connectivity index (χ0) is 9.10. The van der Waals surface area contributed by atoms with E-state index in [0.29, 0.717) is 13.4 Å². The van der Waals surface area contributed by atoms with Gasteiger partial charge in [-0.05, 0) is 18.1 Å². The molecule has 0 aromatic heterocycles. The Morgan fingerprint density at radius 2 is 2.31 bits per heavy atom. The van der Waals surface area contributed by atoms with Crippen molar-refractivity contribution in [2.24, 2.45) is 0 Å². The van der Waals surface area contributed by atoms with E-state index in [9.17, 15) is 0 Å². The molecule has 1 aliphatic heterocycles. The normalized spacial score (nSPS) is 14.8. The van der Waals surface area contributed by atoms with Crippen molar-refractivity contribution in [1.29, 1.82) is 0 Å². The van der Waals surface area contributed by atoms with Gasteiger partial charge in [-0.25, -0.2) is 0 Å². The molecule has 2 rings (SSSR count). The van der Waals surface area contributed by atoms with Gasteiger partial charge in [-0.1, -0.05) is 28.1 Å². The Balaban J connectivity index is 2.34. The minimum Gasteiger partial charge on any atom is -0.467 e. The molecule has 0 spiro atoms. The monoisotopic (exact) mass is 242 g/mol. The highest BCUT2D eigenvalue weighted by molar-refractivity contribution is 9.09. The van der Waals surface area contributed by atoms with Gasteiger partial charge in [-0.3, -0.25) is 0 Å². The number of benzene rings is 1. The molecule has 0 atom stereocenters. The van der Waals surface area contributed by atoms with Crippen molar-refractivity contribution in [2.75, 3.05) is 12.1 Å². The topological polar surface area (TPSA) is 18.5 Å². The summed E-state index contributed by atoms with van der Waals surface area (Å²) in [7, 11) is 0. The van der Waals surface area contributed by atoms with Gasteiger partial charge >= 0.3 is 0 Å². The third-order valence-corrected chi connectivity index (χ3v) is 2.53. The standard InChI is InChI=1S/C10H11BrO2/c11-5-4-8-2-1-3-10-9(8)6-12-7-13-10/h1-3H,4-7H2. The van der Waals surface area contributed by atoms with Gasteiger partial charge in [0.1, 0.15) is 5.75 Å². The Bertz CT molecular complexity index is 299. The number of rotatable bonds is 2. The summed E-state index contributed by atoms with van der Waals surface area (Å²) in [5, 5.41) is 0.976. The highest BCUT2D eigenvalue weighted by Crippen LogP contribution is 2.27. The Hall–Kier alpha value is -0.540. The van der Waals surface area contributed by atoms with Crippen molar-refractivity contribution < 1.29 is 9.47 Å². The second kappa shape index (κ2) is 4.11. The third-order valence-electron chi connectivity index (χ3n) is 2.14. The maximum absolute atomic E-state index is 5.37. The average Bonchev–Trinajstić information content (AvgIpc) is 2.19. The summed E-state index contributed by atoms with van der Waals surface area (Å²) in [6.45, 7) is 1.06. The van der Waals surface area contributed by atoms with Crippen LogP contribution in [0.4, 0.5) is 0 Å². The van der Waals surface area contributed by atoms with Crippen molar-refractivity contribution in [3.05, 3.63) is 29.3 Å². The highest BCUT2D eigenvalue weighted by atomic mass is 79.9. The number of aryl methyl sites for hydroxylation is 1. The molecule has 1 aliphatic rings. The fourth-order valence-electron chi connectivity index (χ4n) is 1.50. The van der Waals surface area contributed by atoms with Crippen LogP contribution >= 0.6 is 15.9 Å². The first-order chi connectivity index (χ1) is 6.42. The second-order valence-electron chi connectivity index (χ2n) is 2.94. The van der Waals surface area contributed by atoms with Crippen molar-refractivity contribution in [1.82, 2.24) is 0 Å². The molecule has 13 heavy (non-hydrogen) atoms. The molecule has 0 saturated carbocycles. The van der Waals surface area contributed by atoms with Crippen LogP contribution in [0.1, 0.15) is 11.1 Å². The first-order valence-corrected chi connectivity index (χ1v) is 5.41. The van der Waals surface area contributed by atoms with Gasteiger partial charge < -0.3 is 9.47 Å². The van der Waals surface area contributed by atoms with Crippen LogP contribution in [0.5, 0.6) is 5.75 Å². The number of hydrogen-bond donors (Lipinski definition) is 0. The molecule has 0 saturated heterocycles. The third kappa shape index (κ3) is 1.86. The molecule has 0 fully saturated rings. The van der Waals surface area contributed by atoms with E-state index in [-0.39, 0.29) is 0 Å². The number of fused-ring (bicyclic) bond motifs is 1. The summed E-state index contributed by atoms with van der Waals surface area (Å²) in [6.07, 6.45) is 1.02. The molecule has 0 aliphatic carbocycles. The van der Waals surface area contributed by atoms with Gasteiger partial charge in [0.05, 0.1) is 6.61 Å². The Labute approximate surface area is 86.0 Å². The lowest BCUT2D eigenvalue weighted by molar-refractivity contribution is -0.0168. The minimum absolute atomic E-state index is 0.380. The molecule has 0 bridgehead atoms. The minimum atomic E-state index is 0.380. The average molecular weight is 243 g/mol. The number of hydrogen-bond acceptors (Lipinski definition) is 2. The molecular formula is C10H11BrO2. The SMILES string of the molecule is BrCCc1cccc2c1COCO2. The van der Waals surface area contributed by atoms with E-state index >= 15 is 0 Å². The lowest BCUT2D eigenvalue weighted by Gasteiger charge is -2.19. The Morgan fingerprint density at radius 3 is 3.15 bits per heavy atom. The first kappa shape index (κ1) is 9.03. The predicted molar refractivity (Wildman–Crippen MR) is 54.2 cm³/mol. The van der Waals surface area contributed by atoms with E-state index in [4.69, 9.17) is 9.47 Å². The molecular weight excluding hydrogens is 232 g/mol.